The third kappa shape index (κ3) is 4.73. The monoisotopic (exact) mass is 491 g/mol. The number of benzene rings is 2. The Morgan fingerprint density at radius 3 is 2.47 bits per heavy atom. The molecule has 0 aromatic heterocycles. The van der Waals surface area contributed by atoms with Crippen molar-refractivity contribution in [3.8, 4) is 6.07 Å². The van der Waals surface area contributed by atoms with Crippen LogP contribution in [0.3, 0.4) is 0 Å². The van der Waals surface area contributed by atoms with Crippen LogP contribution in [0.2, 0.25) is 10.0 Å². The molecule has 2 aliphatic rings. The van der Waals surface area contributed by atoms with Gasteiger partial charge in [0.25, 0.3) is 5.91 Å². The fraction of sp³-hybridized carbons (Fsp3) is 0.391. The Kier molecular flexibility index (Phi) is 6.66. The number of carbonyl (C=O) groups excluding carboxylic acids is 1. The van der Waals surface area contributed by atoms with E-state index < -0.39 is 15.9 Å². The molecule has 1 aliphatic carbocycles. The quantitative estimate of drug-likeness (QED) is 0.593. The van der Waals surface area contributed by atoms with Crippen LogP contribution < -0.4 is 9.62 Å². The van der Waals surface area contributed by atoms with Gasteiger partial charge in [0.2, 0.25) is 10.0 Å². The van der Waals surface area contributed by atoms with Gasteiger partial charge in [0.15, 0.2) is 0 Å². The maximum Gasteiger partial charge on any atom is 0.257 e. The molecule has 168 valence electrons. The number of rotatable bonds is 4. The van der Waals surface area contributed by atoms with Gasteiger partial charge >= 0.3 is 0 Å². The fourth-order valence-electron chi connectivity index (χ4n) is 4.47. The van der Waals surface area contributed by atoms with Crippen molar-refractivity contribution in [3.05, 3.63) is 57.1 Å². The van der Waals surface area contributed by atoms with Crippen LogP contribution in [0.4, 0.5) is 11.4 Å². The Hall–Kier alpha value is -2.27. The summed E-state index contributed by atoms with van der Waals surface area (Å²) in [5, 5.41) is 12.4. The Morgan fingerprint density at radius 2 is 1.81 bits per heavy atom. The lowest BCUT2D eigenvalue weighted by molar-refractivity contribution is 0.102. The van der Waals surface area contributed by atoms with E-state index >= 15 is 0 Å². The molecule has 9 heteroatoms. The van der Waals surface area contributed by atoms with Crippen LogP contribution in [0.15, 0.2) is 30.3 Å². The summed E-state index contributed by atoms with van der Waals surface area (Å²) in [6, 6.07) is 10.5. The third-order valence-corrected chi connectivity index (χ3v) is 8.74. The first-order valence-corrected chi connectivity index (χ1v) is 13.0. The predicted molar refractivity (Wildman–Crippen MR) is 127 cm³/mol. The molecule has 1 N–H and O–H groups in total. The summed E-state index contributed by atoms with van der Waals surface area (Å²) in [6.45, 7) is 0.330. The topological polar surface area (TPSA) is 90.3 Å². The van der Waals surface area contributed by atoms with E-state index in [0.717, 1.165) is 31.2 Å². The highest BCUT2D eigenvalue weighted by Crippen LogP contribution is 2.36. The summed E-state index contributed by atoms with van der Waals surface area (Å²) in [5.74, 6) is -0.0888. The van der Waals surface area contributed by atoms with E-state index in [1.54, 1.807) is 6.07 Å². The molecule has 0 radical (unpaired) electrons. The zero-order valence-electron chi connectivity index (χ0n) is 17.4. The van der Waals surface area contributed by atoms with E-state index in [1.165, 1.54) is 22.9 Å². The predicted octanol–water partition coefficient (Wildman–Crippen LogP) is 5.70. The molecule has 1 heterocycles. The minimum atomic E-state index is -3.43. The number of anilines is 2. The number of carbonyl (C=O) groups is 1. The highest BCUT2D eigenvalue weighted by molar-refractivity contribution is 7.93. The Balaban J connectivity index is 1.65. The Labute approximate surface area is 198 Å². The minimum absolute atomic E-state index is 0.0495. The normalized spacial score (nSPS) is 18.3. The first kappa shape index (κ1) is 22.9. The van der Waals surface area contributed by atoms with Crippen molar-refractivity contribution in [2.75, 3.05) is 21.9 Å². The van der Waals surface area contributed by atoms with E-state index in [-0.39, 0.29) is 21.4 Å². The maximum absolute atomic E-state index is 13.1. The molecular formula is C23H23Cl2N3O3S. The molecule has 2 fully saturated rings. The average molecular weight is 492 g/mol. The first-order chi connectivity index (χ1) is 15.3. The van der Waals surface area contributed by atoms with Gasteiger partial charge in [-0.3, -0.25) is 9.10 Å². The van der Waals surface area contributed by atoms with Crippen molar-refractivity contribution in [2.45, 2.75) is 44.4 Å². The molecule has 0 atom stereocenters. The van der Waals surface area contributed by atoms with E-state index in [9.17, 15) is 18.5 Å². The van der Waals surface area contributed by atoms with Gasteiger partial charge in [-0.15, -0.1) is 0 Å². The van der Waals surface area contributed by atoms with Crippen LogP contribution in [-0.2, 0) is 10.0 Å². The maximum atomic E-state index is 13.1. The zero-order chi connectivity index (χ0) is 22.9. The molecule has 1 amide bonds. The molecule has 1 aliphatic heterocycles. The van der Waals surface area contributed by atoms with Gasteiger partial charge in [-0.2, -0.15) is 5.26 Å². The first-order valence-electron chi connectivity index (χ1n) is 10.6. The second-order valence-electron chi connectivity index (χ2n) is 8.28. The number of halogens is 2. The van der Waals surface area contributed by atoms with Crippen LogP contribution >= 0.6 is 23.2 Å². The summed E-state index contributed by atoms with van der Waals surface area (Å²) in [4.78, 5) is 13.1. The van der Waals surface area contributed by atoms with Crippen LogP contribution in [0.5, 0.6) is 0 Å². The average Bonchev–Trinajstić information content (AvgIpc) is 3.14. The Bertz CT molecular complexity index is 1200. The SMILES string of the molecule is N#Cc1cc(NC(=O)c2cc(N3CCCS3(=O)=O)cc(Cl)c2Cl)cc(C2CCCCC2)c1. The van der Waals surface area contributed by atoms with Crippen molar-refractivity contribution in [3.63, 3.8) is 0 Å². The molecule has 4 rings (SSSR count). The van der Waals surface area contributed by atoms with Gasteiger partial charge < -0.3 is 5.32 Å². The van der Waals surface area contributed by atoms with Gasteiger partial charge in [-0.1, -0.05) is 42.5 Å². The lowest BCUT2D eigenvalue weighted by Gasteiger charge is -2.23. The van der Waals surface area contributed by atoms with Gasteiger partial charge in [-0.25, -0.2) is 8.42 Å². The molecule has 0 spiro atoms. The van der Waals surface area contributed by atoms with E-state index in [4.69, 9.17) is 23.2 Å². The molecule has 1 saturated heterocycles. The minimum Gasteiger partial charge on any atom is -0.322 e. The molecule has 6 nitrogen and oxygen atoms in total. The molecule has 32 heavy (non-hydrogen) atoms. The number of sulfonamides is 1. The summed E-state index contributed by atoms with van der Waals surface area (Å²) in [6.07, 6.45) is 6.17. The molecule has 0 bridgehead atoms. The summed E-state index contributed by atoms with van der Waals surface area (Å²) in [5.41, 5.74) is 2.42. The van der Waals surface area contributed by atoms with Crippen molar-refractivity contribution in [1.29, 1.82) is 5.26 Å². The van der Waals surface area contributed by atoms with Gasteiger partial charge in [0.05, 0.1) is 38.7 Å². The molecule has 2 aromatic carbocycles. The van der Waals surface area contributed by atoms with Crippen LogP contribution in [0.25, 0.3) is 0 Å². The van der Waals surface area contributed by atoms with Crippen molar-refractivity contribution in [2.24, 2.45) is 0 Å². The van der Waals surface area contributed by atoms with Crippen LogP contribution in [0, 0.1) is 11.3 Å². The fourth-order valence-corrected chi connectivity index (χ4v) is 6.43. The van der Waals surface area contributed by atoms with Crippen molar-refractivity contribution < 1.29 is 13.2 Å². The largest absolute Gasteiger partial charge is 0.322 e. The van der Waals surface area contributed by atoms with E-state index in [0.29, 0.717) is 35.8 Å². The zero-order valence-corrected chi connectivity index (χ0v) is 19.7. The number of hydrogen-bond acceptors (Lipinski definition) is 4. The number of nitrogens with one attached hydrogen (secondary N) is 1. The summed E-state index contributed by atoms with van der Waals surface area (Å²) in [7, 11) is -3.43. The number of hydrogen-bond donors (Lipinski definition) is 1. The lowest BCUT2D eigenvalue weighted by Crippen LogP contribution is -2.25. The molecule has 1 saturated carbocycles. The van der Waals surface area contributed by atoms with Gasteiger partial charge in [0, 0.05) is 12.2 Å². The third-order valence-electron chi connectivity index (χ3n) is 6.06. The van der Waals surface area contributed by atoms with Gasteiger partial charge in [0.1, 0.15) is 0 Å². The highest BCUT2D eigenvalue weighted by atomic mass is 35.5. The number of nitrogens with zero attached hydrogens (tertiary/aromatic N) is 2. The molecule has 0 unspecified atom stereocenters. The standard InChI is InChI=1S/C23H23Cl2N3O3S/c24-21-13-19(28-7-4-8-32(28,30)31)12-20(22(21)25)23(29)27-18-10-15(14-26)9-17(11-18)16-5-2-1-3-6-16/h9-13,16H,1-8H2,(H,27,29). The van der Waals surface area contributed by atoms with E-state index in [2.05, 4.69) is 11.4 Å². The number of nitriles is 1. The van der Waals surface area contributed by atoms with E-state index in [1.807, 2.05) is 12.1 Å². The second kappa shape index (κ2) is 9.30. The summed E-state index contributed by atoms with van der Waals surface area (Å²) >= 11 is 12.5. The van der Waals surface area contributed by atoms with Crippen LogP contribution in [0.1, 0.15) is 65.9 Å². The molecular weight excluding hydrogens is 469 g/mol. The number of amides is 1. The van der Waals surface area contributed by atoms with Crippen molar-refractivity contribution in [1.82, 2.24) is 0 Å². The smallest absolute Gasteiger partial charge is 0.257 e. The second-order valence-corrected chi connectivity index (χ2v) is 11.1. The Morgan fingerprint density at radius 1 is 1.06 bits per heavy atom. The lowest BCUT2D eigenvalue weighted by atomic mass is 9.83. The summed E-state index contributed by atoms with van der Waals surface area (Å²) < 4.78 is 25.9. The highest BCUT2D eigenvalue weighted by Gasteiger charge is 2.30. The van der Waals surface area contributed by atoms with Crippen LogP contribution in [-0.4, -0.2) is 26.6 Å². The molecule has 2 aromatic rings. The van der Waals surface area contributed by atoms with Crippen molar-refractivity contribution >= 4 is 50.5 Å². The van der Waals surface area contributed by atoms with Gasteiger partial charge in [-0.05, 0) is 61.1 Å².